The van der Waals surface area contributed by atoms with Crippen LogP contribution >= 0.6 is 0 Å². The molecule has 0 atom stereocenters. The normalized spacial score (nSPS) is 15.8. The van der Waals surface area contributed by atoms with Crippen LogP contribution in [0.4, 0.5) is 13.2 Å². The lowest BCUT2D eigenvalue weighted by atomic mass is 10.00. The van der Waals surface area contributed by atoms with E-state index in [4.69, 9.17) is 4.52 Å². The second-order valence-corrected chi connectivity index (χ2v) is 4.84. The molecule has 1 aliphatic carbocycles. The lowest BCUT2D eigenvalue weighted by Gasteiger charge is -2.11. The lowest BCUT2D eigenvalue weighted by Crippen LogP contribution is -2.07. The molecule has 0 N–H and O–H groups in total. The first-order chi connectivity index (χ1) is 8.98. The fourth-order valence-electron chi connectivity index (χ4n) is 2.26. The molecule has 5 heteroatoms. The fraction of sp³-hybridized carbons (Fsp3) is 0.357. The second kappa shape index (κ2) is 4.11. The topological polar surface area (TPSA) is 26.0 Å². The Morgan fingerprint density at radius 2 is 1.89 bits per heavy atom. The third kappa shape index (κ3) is 2.13. The van der Waals surface area contributed by atoms with Crippen LogP contribution in [0.25, 0.3) is 11.3 Å². The first kappa shape index (κ1) is 12.3. The molecule has 0 spiro atoms. The molecular formula is C14H12F3NO. The van der Waals surface area contributed by atoms with Gasteiger partial charge in [-0.25, -0.2) is 0 Å². The summed E-state index contributed by atoms with van der Waals surface area (Å²) in [6.45, 7) is 1.77. The maximum absolute atomic E-state index is 13.0. The second-order valence-electron chi connectivity index (χ2n) is 4.84. The number of nitrogens with zero attached hydrogens (tertiary/aromatic N) is 1. The van der Waals surface area contributed by atoms with Gasteiger partial charge < -0.3 is 4.52 Å². The van der Waals surface area contributed by atoms with E-state index in [-0.39, 0.29) is 5.56 Å². The number of alkyl halides is 3. The highest BCUT2D eigenvalue weighted by atomic mass is 19.4. The van der Waals surface area contributed by atoms with Crippen LogP contribution in [0.15, 0.2) is 28.8 Å². The van der Waals surface area contributed by atoms with Crippen LogP contribution in [0.2, 0.25) is 0 Å². The number of halogens is 3. The summed E-state index contributed by atoms with van der Waals surface area (Å²) in [7, 11) is 0. The number of benzene rings is 1. The summed E-state index contributed by atoms with van der Waals surface area (Å²) in [5.41, 5.74) is 0.436. The molecule has 0 bridgehead atoms. The van der Waals surface area contributed by atoms with Crippen molar-refractivity contribution in [2.24, 2.45) is 0 Å². The quantitative estimate of drug-likeness (QED) is 0.798. The number of hydrogen-bond donors (Lipinski definition) is 0. The largest absolute Gasteiger partial charge is 0.417 e. The molecule has 0 saturated heterocycles. The third-order valence-corrected chi connectivity index (χ3v) is 3.40. The molecule has 100 valence electrons. The van der Waals surface area contributed by atoms with Crippen molar-refractivity contribution in [1.82, 2.24) is 5.16 Å². The van der Waals surface area contributed by atoms with Gasteiger partial charge in [-0.3, -0.25) is 0 Å². The molecule has 1 aromatic heterocycles. The van der Waals surface area contributed by atoms with Gasteiger partial charge in [-0.2, -0.15) is 13.2 Å². The van der Waals surface area contributed by atoms with E-state index in [0.717, 1.165) is 30.2 Å². The Balaban J connectivity index is 2.12. The zero-order valence-electron chi connectivity index (χ0n) is 10.3. The van der Waals surface area contributed by atoms with E-state index in [9.17, 15) is 13.2 Å². The minimum atomic E-state index is -4.39. The van der Waals surface area contributed by atoms with Gasteiger partial charge in [-0.05, 0) is 25.8 Å². The molecule has 0 unspecified atom stereocenters. The Morgan fingerprint density at radius 3 is 2.53 bits per heavy atom. The van der Waals surface area contributed by atoms with Crippen LogP contribution < -0.4 is 0 Å². The molecule has 2 nitrogen and oxygen atoms in total. The van der Waals surface area contributed by atoms with E-state index in [0.29, 0.717) is 11.6 Å². The monoisotopic (exact) mass is 267 g/mol. The van der Waals surface area contributed by atoms with E-state index in [1.807, 2.05) is 0 Å². The molecule has 0 radical (unpaired) electrons. The molecule has 1 fully saturated rings. The summed E-state index contributed by atoms with van der Waals surface area (Å²) in [5, 5.41) is 3.85. The Morgan fingerprint density at radius 1 is 1.21 bits per heavy atom. The fourth-order valence-corrected chi connectivity index (χ4v) is 2.26. The SMILES string of the molecule is Cc1c(-c2ccccc2C(F)(F)F)noc1C1CC1. The molecule has 19 heavy (non-hydrogen) atoms. The molecule has 3 rings (SSSR count). The summed E-state index contributed by atoms with van der Waals surface area (Å²) in [4.78, 5) is 0. The first-order valence-electron chi connectivity index (χ1n) is 6.11. The Kier molecular flexibility index (Phi) is 2.66. The van der Waals surface area contributed by atoms with Crippen molar-refractivity contribution in [2.75, 3.05) is 0 Å². The number of hydrogen-bond acceptors (Lipinski definition) is 2. The average molecular weight is 267 g/mol. The van der Waals surface area contributed by atoms with Gasteiger partial charge in [0.05, 0.1) is 5.56 Å². The predicted octanol–water partition coefficient (Wildman–Crippen LogP) is 4.55. The molecule has 2 aromatic rings. The molecule has 1 aromatic carbocycles. The lowest BCUT2D eigenvalue weighted by molar-refractivity contribution is -0.137. The van der Waals surface area contributed by atoms with Gasteiger partial charge in [0, 0.05) is 17.0 Å². The molecular weight excluding hydrogens is 255 g/mol. The zero-order chi connectivity index (χ0) is 13.6. The highest BCUT2D eigenvalue weighted by molar-refractivity contribution is 5.68. The highest BCUT2D eigenvalue weighted by Gasteiger charge is 2.36. The minimum Gasteiger partial charge on any atom is -0.360 e. The van der Waals surface area contributed by atoms with Crippen LogP contribution in [0.1, 0.15) is 35.6 Å². The predicted molar refractivity (Wildman–Crippen MR) is 63.7 cm³/mol. The Labute approximate surface area is 108 Å². The zero-order valence-corrected chi connectivity index (χ0v) is 10.3. The van der Waals surface area contributed by atoms with E-state index in [2.05, 4.69) is 5.16 Å². The van der Waals surface area contributed by atoms with E-state index >= 15 is 0 Å². The van der Waals surface area contributed by atoms with Crippen LogP contribution in [-0.2, 0) is 6.18 Å². The Bertz CT molecular complexity index is 611. The summed E-state index contributed by atoms with van der Waals surface area (Å²) < 4.78 is 44.2. The maximum atomic E-state index is 13.0. The number of aromatic nitrogens is 1. The minimum absolute atomic E-state index is 0.0863. The number of rotatable bonds is 2. The van der Waals surface area contributed by atoms with Crippen molar-refractivity contribution >= 4 is 0 Å². The summed E-state index contributed by atoms with van der Waals surface area (Å²) in [6, 6.07) is 5.46. The molecule has 1 aliphatic rings. The van der Waals surface area contributed by atoms with Gasteiger partial charge in [0.2, 0.25) is 0 Å². The van der Waals surface area contributed by atoms with Crippen molar-refractivity contribution in [2.45, 2.75) is 31.9 Å². The van der Waals surface area contributed by atoms with Crippen molar-refractivity contribution in [3.05, 3.63) is 41.2 Å². The van der Waals surface area contributed by atoms with Gasteiger partial charge in [0.15, 0.2) is 0 Å². The standard InChI is InChI=1S/C14H12F3NO/c1-8-12(18-19-13(8)9-6-7-9)10-4-2-3-5-11(10)14(15,16)17/h2-5,9H,6-7H2,1H3. The summed E-state index contributed by atoms with van der Waals surface area (Å²) in [5.74, 6) is 1.06. The van der Waals surface area contributed by atoms with Crippen molar-refractivity contribution < 1.29 is 17.7 Å². The van der Waals surface area contributed by atoms with Crippen LogP contribution in [0, 0.1) is 6.92 Å². The van der Waals surface area contributed by atoms with Crippen molar-refractivity contribution in [3.8, 4) is 11.3 Å². The molecule has 1 heterocycles. The summed E-state index contributed by atoms with van der Waals surface area (Å²) in [6.07, 6.45) is -2.34. The van der Waals surface area contributed by atoms with Gasteiger partial charge >= 0.3 is 6.18 Å². The van der Waals surface area contributed by atoms with Crippen molar-refractivity contribution in [3.63, 3.8) is 0 Å². The van der Waals surface area contributed by atoms with Crippen LogP contribution in [0.3, 0.4) is 0 Å². The molecule has 0 aliphatic heterocycles. The van der Waals surface area contributed by atoms with Crippen LogP contribution in [-0.4, -0.2) is 5.16 Å². The van der Waals surface area contributed by atoms with Gasteiger partial charge in [-0.15, -0.1) is 0 Å². The van der Waals surface area contributed by atoms with Crippen molar-refractivity contribution in [1.29, 1.82) is 0 Å². The van der Waals surface area contributed by atoms with E-state index < -0.39 is 11.7 Å². The summed E-state index contributed by atoms with van der Waals surface area (Å²) >= 11 is 0. The van der Waals surface area contributed by atoms with Gasteiger partial charge in [0.1, 0.15) is 11.5 Å². The first-order valence-corrected chi connectivity index (χ1v) is 6.11. The van der Waals surface area contributed by atoms with Gasteiger partial charge in [0.25, 0.3) is 0 Å². The molecule has 0 amide bonds. The van der Waals surface area contributed by atoms with Gasteiger partial charge in [-0.1, -0.05) is 23.4 Å². The average Bonchev–Trinajstić information content (AvgIpc) is 3.12. The highest BCUT2D eigenvalue weighted by Crippen LogP contribution is 2.45. The van der Waals surface area contributed by atoms with E-state index in [1.54, 1.807) is 13.0 Å². The van der Waals surface area contributed by atoms with E-state index in [1.165, 1.54) is 12.1 Å². The van der Waals surface area contributed by atoms with Crippen LogP contribution in [0.5, 0.6) is 0 Å². The third-order valence-electron chi connectivity index (χ3n) is 3.40. The maximum Gasteiger partial charge on any atom is 0.417 e. The molecule has 1 saturated carbocycles. The smallest absolute Gasteiger partial charge is 0.360 e. The Hall–Kier alpha value is -1.78.